The molecule has 3 fully saturated rings. The van der Waals surface area contributed by atoms with E-state index in [1.807, 2.05) is 39.8 Å². The third-order valence-electron chi connectivity index (χ3n) is 12.6. The number of rotatable bonds is 5. The van der Waals surface area contributed by atoms with Gasteiger partial charge in [-0.25, -0.2) is 4.79 Å². The molecule has 1 aliphatic carbocycles. The van der Waals surface area contributed by atoms with Gasteiger partial charge in [-0.05, 0) is 89.0 Å². The van der Waals surface area contributed by atoms with E-state index in [1.165, 1.54) is 19.1 Å². The smallest absolute Gasteiger partial charge is 0.329 e. The zero-order chi connectivity index (χ0) is 40.8. The number of nitrogens with zero attached hydrogens (tertiary/aromatic N) is 1. The van der Waals surface area contributed by atoms with Crippen molar-refractivity contribution in [2.45, 2.75) is 160 Å². The number of halogens is 1. The van der Waals surface area contributed by atoms with Crippen LogP contribution in [0.15, 0.2) is 23.3 Å². The van der Waals surface area contributed by atoms with Crippen LogP contribution in [-0.4, -0.2) is 120 Å². The highest BCUT2D eigenvalue weighted by Crippen LogP contribution is 2.39. The maximum Gasteiger partial charge on any atom is 0.329 e. The van der Waals surface area contributed by atoms with Crippen LogP contribution in [0.4, 0.5) is 0 Å². The molecule has 0 aromatic heterocycles. The number of fused-ring (bicyclic) bond motifs is 3. The van der Waals surface area contributed by atoms with Crippen LogP contribution in [0, 0.1) is 29.6 Å². The molecule has 1 saturated carbocycles. The van der Waals surface area contributed by atoms with Crippen molar-refractivity contribution in [2.24, 2.45) is 29.6 Å². The van der Waals surface area contributed by atoms with Crippen LogP contribution in [0.5, 0.6) is 0 Å². The molecule has 4 aliphatic rings. The molecule has 2 bridgehead atoms. The summed E-state index contributed by atoms with van der Waals surface area (Å²) in [6.07, 6.45) is 4.53. The molecule has 1 amide bonds. The van der Waals surface area contributed by atoms with E-state index in [2.05, 4.69) is 0 Å². The SMILES string of the molecule is CO[C@H]1C[C@@H](C)C/C(C)=C/[C@@H](C)C(=O)C[C@H](O)C(C)C(/C(C)=C/[C@@H]2CC[C@@H](Cl)[C@@H](OC)C2)OC(=O)[C@@H]2CCCCN2C(=O)C(=O)[C@]2(O)O[C@H]1[C@@H](OC)C[C@H]2C. The van der Waals surface area contributed by atoms with Crippen molar-refractivity contribution >= 4 is 35.0 Å². The van der Waals surface area contributed by atoms with E-state index in [-0.39, 0.29) is 54.9 Å². The first-order valence-electron chi connectivity index (χ1n) is 20.2. The van der Waals surface area contributed by atoms with Gasteiger partial charge in [0.1, 0.15) is 24.0 Å². The quantitative estimate of drug-likeness (QED) is 0.161. The molecule has 55 heavy (non-hydrogen) atoms. The van der Waals surface area contributed by atoms with Gasteiger partial charge in [-0.2, -0.15) is 0 Å². The Kier molecular flexibility index (Phi) is 16.5. The first-order chi connectivity index (χ1) is 25.9. The summed E-state index contributed by atoms with van der Waals surface area (Å²) in [4.78, 5) is 57.4. The lowest BCUT2D eigenvalue weighted by molar-refractivity contribution is -0.302. The Bertz CT molecular complexity index is 1420. The first kappa shape index (κ1) is 45.5. The minimum atomic E-state index is -2.49. The van der Waals surface area contributed by atoms with E-state index in [1.54, 1.807) is 21.0 Å². The normalized spacial score (nSPS) is 42.1. The van der Waals surface area contributed by atoms with Crippen LogP contribution in [0.1, 0.15) is 106 Å². The molecule has 2 saturated heterocycles. The van der Waals surface area contributed by atoms with Crippen molar-refractivity contribution in [1.29, 1.82) is 0 Å². The van der Waals surface area contributed by atoms with Crippen LogP contribution >= 0.6 is 11.6 Å². The second-order valence-corrected chi connectivity index (χ2v) is 17.4. The molecular weight excluding hydrogens is 730 g/mol. The lowest BCUT2D eigenvalue weighted by Gasteiger charge is -2.47. The van der Waals surface area contributed by atoms with E-state index in [4.69, 9.17) is 35.3 Å². The average Bonchev–Trinajstić information content (AvgIpc) is 3.15. The lowest BCUT2D eigenvalue weighted by Crippen LogP contribution is -2.64. The molecular formula is C42H66ClNO11. The molecule has 3 aliphatic heterocycles. The van der Waals surface area contributed by atoms with Crippen LogP contribution < -0.4 is 0 Å². The van der Waals surface area contributed by atoms with Gasteiger partial charge < -0.3 is 38.8 Å². The Morgan fingerprint density at radius 1 is 0.927 bits per heavy atom. The van der Waals surface area contributed by atoms with Gasteiger partial charge in [-0.15, -0.1) is 11.6 Å². The van der Waals surface area contributed by atoms with Crippen molar-refractivity contribution in [3.63, 3.8) is 0 Å². The number of carbonyl (C=O) groups is 4. The molecule has 2 unspecified atom stereocenters. The number of esters is 1. The molecule has 12 nitrogen and oxygen atoms in total. The zero-order valence-corrected chi connectivity index (χ0v) is 35.1. The molecule has 312 valence electrons. The molecule has 2 N–H and O–H groups in total. The van der Waals surface area contributed by atoms with Crippen LogP contribution in [0.2, 0.25) is 0 Å². The predicted octanol–water partition coefficient (Wildman–Crippen LogP) is 5.33. The molecule has 0 aromatic carbocycles. The number of aliphatic hydroxyl groups excluding tert-OH is 1. The van der Waals surface area contributed by atoms with Gasteiger partial charge in [0.05, 0.1) is 29.8 Å². The fraction of sp³-hybridized carbons (Fsp3) is 0.810. The van der Waals surface area contributed by atoms with E-state index in [0.717, 1.165) is 18.4 Å². The summed E-state index contributed by atoms with van der Waals surface area (Å²) in [5.74, 6) is -7.40. The Hall–Kier alpha value is -2.19. The molecule has 4 rings (SSSR count). The van der Waals surface area contributed by atoms with Gasteiger partial charge in [0.15, 0.2) is 0 Å². The number of ether oxygens (including phenoxy) is 5. The molecule has 0 spiro atoms. The van der Waals surface area contributed by atoms with Crippen molar-refractivity contribution in [2.75, 3.05) is 27.9 Å². The number of cyclic esters (lactones) is 1. The minimum absolute atomic E-state index is 0.0422. The molecule has 14 atom stereocenters. The van der Waals surface area contributed by atoms with Gasteiger partial charge in [-0.1, -0.05) is 45.4 Å². The highest BCUT2D eigenvalue weighted by atomic mass is 35.5. The fourth-order valence-corrected chi connectivity index (χ4v) is 9.46. The third kappa shape index (κ3) is 10.9. The standard InChI is InChI=1S/C42H66ClNO11/c1-23-16-24(2)18-35(52-8)38-36(53-9)20-27(5)42(50,55-38)39(47)40(48)44-15-11-10-12-31(44)41(49)54-37(28(6)33(46)22-32(45)25(3)17-23)26(4)19-29-13-14-30(43)34(21-29)51-7/h17,19,24-25,27-31,33-38,46,50H,10-16,18,20-22H2,1-9H3/b23-17+,26-19+/t24-,25+,27+,28?,29-,30+,31-,33-,34-,35-,36-,37?,38+,42+/m0/s1. The lowest BCUT2D eigenvalue weighted by atomic mass is 9.82. The van der Waals surface area contributed by atoms with Gasteiger partial charge in [-0.3, -0.25) is 14.4 Å². The van der Waals surface area contributed by atoms with E-state index in [0.29, 0.717) is 37.7 Å². The fourth-order valence-electron chi connectivity index (χ4n) is 9.13. The first-order valence-corrected chi connectivity index (χ1v) is 20.6. The number of allylic oxidation sites excluding steroid dienone is 3. The summed E-state index contributed by atoms with van der Waals surface area (Å²) >= 11 is 6.51. The molecule has 0 radical (unpaired) electrons. The van der Waals surface area contributed by atoms with Gasteiger partial charge in [0, 0.05) is 52.0 Å². The molecule has 13 heteroatoms. The number of hydrogen-bond donors (Lipinski definition) is 2. The maximum absolute atomic E-state index is 14.2. The third-order valence-corrected chi connectivity index (χ3v) is 13.0. The van der Waals surface area contributed by atoms with E-state index < -0.39 is 77.8 Å². The Balaban J connectivity index is 1.75. The van der Waals surface area contributed by atoms with Crippen molar-refractivity contribution in [3.05, 3.63) is 23.3 Å². The monoisotopic (exact) mass is 795 g/mol. The van der Waals surface area contributed by atoms with Crippen molar-refractivity contribution in [3.8, 4) is 0 Å². The van der Waals surface area contributed by atoms with Crippen LogP contribution in [0.3, 0.4) is 0 Å². The number of piperidine rings is 1. The topological polar surface area (TPSA) is 158 Å². The molecule has 0 aromatic rings. The summed E-state index contributed by atoms with van der Waals surface area (Å²) in [7, 11) is 4.70. The Labute approximate surface area is 332 Å². The number of amides is 1. The largest absolute Gasteiger partial charge is 0.456 e. The predicted molar refractivity (Wildman–Crippen MR) is 207 cm³/mol. The van der Waals surface area contributed by atoms with E-state index >= 15 is 0 Å². The Morgan fingerprint density at radius 3 is 2.24 bits per heavy atom. The van der Waals surface area contributed by atoms with E-state index in [9.17, 15) is 29.4 Å². The Morgan fingerprint density at radius 2 is 1.58 bits per heavy atom. The van der Waals surface area contributed by atoms with Gasteiger partial charge in [0.2, 0.25) is 5.79 Å². The maximum atomic E-state index is 14.2. The summed E-state index contributed by atoms with van der Waals surface area (Å²) in [6, 6.07) is -1.11. The van der Waals surface area contributed by atoms with Crippen molar-refractivity contribution in [1.82, 2.24) is 4.90 Å². The number of aliphatic hydroxyl groups is 2. The number of ketones is 2. The summed E-state index contributed by atoms with van der Waals surface area (Å²) in [5.41, 5.74) is 1.69. The average molecular weight is 796 g/mol. The minimum Gasteiger partial charge on any atom is -0.456 e. The number of Topliss-reactive ketones (excluding diaryl/α,β-unsaturated/α-hetero) is 2. The summed E-state index contributed by atoms with van der Waals surface area (Å²) in [6.45, 7) is 11.2. The number of alkyl halides is 1. The second kappa shape index (κ2) is 20.0. The van der Waals surface area contributed by atoms with Gasteiger partial charge >= 0.3 is 5.97 Å². The number of methoxy groups -OCH3 is 3. The highest BCUT2D eigenvalue weighted by molar-refractivity contribution is 6.39. The highest BCUT2D eigenvalue weighted by Gasteiger charge is 2.56. The number of carbonyl (C=O) groups excluding carboxylic acids is 4. The summed E-state index contributed by atoms with van der Waals surface area (Å²) < 4.78 is 29.8. The van der Waals surface area contributed by atoms with Gasteiger partial charge in [0.25, 0.3) is 11.7 Å². The van der Waals surface area contributed by atoms with Crippen molar-refractivity contribution < 1.29 is 53.1 Å². The summed E-state index contributed by atoms with van der Waals surface area (Å²) in [5, 5.41) is 23.5. The second-order valence-electron chi connectivity index (χ2n) is 16.9. The number of hydrogen-bond acceptors (Lipinski definition) is 11. The molecule has 3 heterocycles. The van der Waals surface area contributed by atoms with Crippen LogP contribution in [-0.2, 0) is 42.9 Å². The van der Waals surface area contributed by atoms with Crippen LogP contribution in [0.25, 0.3) is 0 Å². The zero-order valence-electron chi connectivity index (χ0n) is 34.3.